The van der Waals surface area contributed by atoms with Crippen LogP contribution in [0.5, 0.6) is 11.5 Å². The van der Waals surface area contributed by atoms with Crippen molar-refractivity contribution >= 4 is 31.6 Å². The first-order valence-electron chi connectivity index (χ1n) is 14.9. The topological polar surface area (TPSA) is 202 Å². The Morgan fingerprint density at radius 3 is 1.30 bits per heavy atom. The predicted molar refractivity (Wildman–Crippen MR) is 180 cm³/mol. The molecule has 14 nitrogen and oxygen atoms in total. The lowest BCUT2D eigenvalue weighted by molar-refractivity contribution is 0.0958. The van der Waals surface area contributed by atoms with E-state index in [9.17, 15) is 36.5 Å². The van der Waals surface area contributed by atoms with Crippen molar-refractivity contribution in [3.63, 3.8) is 0 Å². The van der Waals surface area contributed by atoms with Crippen molar-refractivity contribution in [3.8, 4) is 23.6 Å². The number of hydrogen-bond donors (Lipinski definition) is 2. The van der Waals surface area contributed by atoms with Gasteiger partial charge < -0.3 is 18.9 Å². The highest BCUT2D eigenvalue weighted by Gasteiger charge is 2.25. The first-order valence-corrected chi connectivity index (χ1v) is 17.9. The standard InChI is InChI=1S/C34H32N4O10S2/c1-37-29(23-35)27-21-32(48-20-18-46-16-14-34(50(42,43)44)26-11-7-4-8-12-26)28(30(24-36)38-2)22-31(27)47-19-17-45-15-13-33(49(39,40)41)25-9-5-3-6-10-25/h3-12,21-22,33-34H,13-20H2,(H,39,40,41)(H,42,43,44). The van der Waals surface area contributed by atoms with E-state index in [1.54, 1.807) is 72.8 Å². The lowest BCUT2D eigenvalue weighted by atomic mass is 10.1. The lowest BCUT2D eigenvalue weighted by Crippen LogP contribution is -2.22. The minimum Gasteiger partial charge on any atom is -0.492 e. The van der Waals surface area contributed by atoms with Crippen LogP contribution in [-0.2, 0) is 29.7 Å². The van der Waals surface area contributed by atoms with Gasteiger partial charge in [0.15, 0.2) is 0 Å². The summed E-state index contributed by atoms with van der Waals surface area (Å²) in [5.74, 6) is -0.0400. The zero-order valence-corrected chi connectivity index (χ0v) is 28.1. The maximum Gasteiger partial charge on any atom is 0.272 e. The van der Waals surface area contributed by atoms with E-state index < -0.39 is 30.7 Å². The Hall–Kier alpha value is -5.30. The fourth-order valence-electron chi connectivity index (χ4n) is 4.78. The van der Waals surface area contributed by atoms with Crippen LogP contribution in [0, 0.1) is 35.8 Å². The summed E-state index contributed by atoms with van der Waals surface area (Å²) in [6.07, 6.45) is -0.0879. The highest BCUT2D eigenvalue weighted by Crippen LogP contribution is 2.26. The van der Waals surface area contributed by atoms with Gasteiger partial charge in [0.2, 0.25) is 0 Å². The van der Waals surface area contributed by atoms with Crippen LogP contribution < -0.4 is 19.9 Å². The van der Waals surface area contributed by atoms with Crippen LogP contribution >= 0.6 is 0 Å². The van der Waals surface area contributed by atoms with Crippen molar-refractivity contribution in [2.45, 2.75) is 23.3 Å². The van der Waals surface area contributed by atoms with E-state index in [0.717, 1.165) is 0 Å². The molecule has 3 aromatic rings. The Morgan fingerprint density at radius 2 is 1.00 bits per heavy atom. The zero-order chi connectivity index (χ0) is 36.6. The van der Waals surface area contributed by atoms with Gasteiger partial charge in [-0.05, 0) is 36.1 Å². The highest BCUT2D eigenvalue weighted by molar-refractivity contribution is 7.86. The maximum absolute atomic E-state index is 11.9. The molecule has 16 heteroatoms. The van der Waals surface area contributed by atoms with Gasteiger partial charge in [-0.3, -0.25) is 9.11 Å². The molecule has 3 rings (SSSR count). The molecular weight excluding hydrogens is 689 g/mol. The molecule has 0 aliphatic heterocycles. The Balaban J connectivity index is 1.71. The normalized spacial score (nSPS) is 13.7. The molecule has 0 aliphatic rings. The van der Waals surface area contributed by atoms with Gasteiger partial charge in [-0.1, -0.05) is 60.7 Å². The van der Waals surface area contributed by atoms with Crippen molar-refractivity contribution in [1.82, 2.24) is 0 Å². The van der Waals surface area contributed by atoms with Crippen LogP contribution in [0.2, 0.25) is 0 Å². The smallest absolute Gasteiger partial charge is 0.272 e. The zero-order valence-electron chi connectivity index (χ0n) is 26.5. The summed E-state index contributed by atoms with van der Waals surface area (Å²) in [5.41, 5.74) is 0.0624. The fourth-order valence-corrected chi connectivity index (χ4v) is 6.57. The second-order valence-electron chi connectivity index (χ2n) is 10.3. The van der Waals surface area contributed by atoms with E-state index in [1.165, 1.54) is 12.1 Å². The second-order valence-corrected chi connectivity index (χ2v) is 13.5. The molecule has 50 heavy (non-hydrogen) atoms. The Labute approximate surface area is 290 Å². The molecule has 2 atom stereocenters. The van der Waals surface area contributed by atoms with Gasteiger partial charge in [-0.25, -0.2) is 20.2 Å². The van der Waals surface area contributed by atoms with E-state index in [2.05, 4.69) is 9.69 Å². The third kappa shape index (κ3) is 11.4. The summed E-state index contributed by atoms with van der Waals surface area (Å²) in [7, 11) is -8.81. The molecule has 3 aromatic carbocycles. The summed E-state index contributed by atoms with van der Waals surface area (Å²) in [6.45, 7) is 14.4. The molecule has 0 aromatic heterocycles. The maximum atomic E-state index is 11.9. The lowest BCUT2D eigenvalue weighted by Gasteiger charge is -2.15. The van der Waals surface area contributed by atoms with Crippen molar-refractivity contribution in [2.75, 3.05) is 39.6 Å². The Morgan fingerprint density at radius 1 is 0.640 bits per heavy atom. The highest BCUT2D eigenvalue weighted by atomic mass is 32.2. The molecule has 2 N–H and O–H groups in total. The van der Waals surface area contributed by atoms with Crippen molar-refractivity contribution in [1.29, 1.82) is 10.5 Å². The molecule has 260 valence electrons. The van der Waals surface area contributed by atoms with Crippen molar-refractivity contribution in [2.24, 2.45) is 0 Å². The molecule has 0 spiro atoms. The molecule has 0 aliphatic carbocycles. The van der Waals surface area contributed by atoms with Gasteiger partial charge >= 0.3 is 0 Å². The summed E-state index contributed by atoms with van der Waals surface area (Å²) < 4.78 is 89.6. The molecule has 0 bridgehead atoms. The molecule has 0 radical (unpaired) electrons. The van der Waals surface area contributed by atoms with Crippen LogP contribution in [0.15, 0.2) is 72.8 Å². The Kier molecular flexibility index (Phi) is 14.9. The fraction of sp³-hybridized carbons (Fsp3) is 0.294. The summed E-state index contributed by atoms with van der Waals surface area (Å²) in [6, 6.07) is 22.4. The predicted octanol–water partition coefficient (Wildman–Crippen LogP) is 3.62. The minimum atomic E-state index is -4.40. The molecule has 2 unspecified atom stereocenters. The first kappa shape index (κ1) is 39.1. The number of nitrogens with zero attached hydrogens (tertiary/aromatic N) is 4. The third-order valence-corrected chi connectivity index (χ3v) is 9.56. The average Bonchev–Trinajstić information content (AvgIpc) is 3.09. The molecular formula is C34H32N4O10S2. The van der Waals surface area contributed by atoms with Gasteiger partial charge in [0.1, 0.15) is 35.2 Å². The number of hydrogen-bond acceptors (Lipinski definition) is 10. The van der Waals surface area contributed by atoms with E-state index in [-0.39, 0.29) is 85.8 Å². The monoisotopic (exact) mass is 720 g/mol. The van der Waals surface area contributed by atoms with Crippen molar-refractivity contribution < 1.29 is 44.9 Å². The summed E-state index contributed by atoms with van der Waals surface area (Å²) in [5, 5.41) is 16.8. The third-order valence-electron chi connectivity index (χ3n) is 7.11. The largest absolute Gasteiger partial charge is 0.492 e. The van der Waals surface area contributed by atoms with Gasteiger partial charge in [-0.15, -0.1) is 0 Å². The van der Waals surface area contributed by atoms with Crippen LogP contribution in [0.25, 0.3) is 21.1 Å². The van der Waals surface area contributed by atoms with Crippen LogP contribution in [-0.4, -0.2) is 65.6 Å². The molecule has 0 heterocycles. The van der Waals surface area contributed by atoms with E-state index in [0.29, 0.717) is 11.1 Å². The molecule has 0 saturated heterocycles. The van der Waals surface area contributed by atoms with Crippen molar-refractivity contribution in [3.05, 3.63) is 117 Å². The average molecular weight is 721 g/mol. The van der Waals surface area contributed by atoms with Crippen LogP contribution in [0.1, 0.15) is 34.5 Å². The Bertz CT molecular complexity index is 1950. The second kappa shape index (κ2) is 19.0. The number of benzene rings is 3. The van der Waals surface area contributed by atoms with Gasteiger partial charge in [0, 0.05) is 23.7 Å². The summed E-state index contributed by atoms with van der Waals surface area (Å²) >= 11 is 0. The van der Waals surface area contributed by atoms with E-state index >= 15 is 0 Å². The molecule has 0 saturated carbocycles. The number of ether oxygens (including phenoxy) is 4. The molecule has 0 fully saturated rings. The van der Waals surface area contributed by atoms with Gasteiger partial charge in [0.25, 0.3) is 31.6 Å². The minimum absolute atomic E-state index is 0.0128. The van der Waals surface area contributed by atoms with Gasteiger partial charge in [0.05, 0.1) is 38.5 Å². The number of nitriles is 2. The van der Waals surface area contributed by atoms with Crippen LogP contribution in [0.3, 0.4) is 0 Å². The first-order chi connectivity index (χ1) is 23.9. The van der Waals surface area contributed by atoms with E-state index in [4.69, 9.17) is 32.1 Å². The summed E-state index contributed by atoms with van der Waals surface area (Å²) in [4.78, 5) is 6.47. The molecule has 0 amide bonds. The van der Waals surface area contributed by atoms with E-state index in [1.807, 2.05) is 0 Å². The van der Waals surface area contributed by atoms with Gasteiger partial charge in [-0.2, -0.15) is 16.8 Å². The SMILES string of the molecule is [C-]#[N+]C(C#N)=c1cc(OCCOCCC(c2ccccc2)S(=O)(=O)O)c(=C(C#N)[N+]#[C-])cc1OCCOCCC(c1ccccc1)S(=O)(=O)O. The quantitative estimate of drug-likeness (QED) is 0.110. The number of rotatable bonds is 18. The van der Waals surface area contributed by atoms with Crippen LogP contribution in [0.4, 0.5) is 0 Å².